The Morgan fingerprint density at radius 1 is 1.26 bits per heavy atom. The van der Waals surface area contributed by atoms with Gasteiger partial charge >= 0.3 is 0 Å². The Balaban J connectivity index is 0.00000192. The van der Waals surface area contributed by atoms with Crippen molar-refractivity contribution in [3.8, 4) is 5.75 Å². The van der Waals surface area contributed by atoms with Crippen LogP contribution >= 0.6 is 12.4 Å². The second-order valence-electron chi connectivity index (χ2n) is 6.43. The molecule has 0 spiro atoms. The molecule has 2 N–H and O–H groups in total. The minimum absolute atomic E-state index is 0. The van der Waals surface area contributed by atoms with Crippen molar-refractivity contribution in [3.63, 3.8) is 0 Å². The lowest BCUT2D eigenvalue weighted by Gasteiger charge is -2.14. The molecule has 4 nitrogen and oxygen atoms in total. The van der Waals surface area contributed by atoms with E-state index >= 15 is 0 Å². The molecular weight excluding hydrogens is 312 g/mol. The van der Waals surface area contributed by atoms with Crippen molar-refractivity contribution in [2.45, 2.75) is 57.1 Å². The average molecular weight is 339 g/mol. The van der Waals surface area contributed by atoms with E-state index in [1.807, 2.05) is 12.1 Å². The Labute approximate surface area is 144 Å². The fourth-order valence-corrected chi connectivity index (χ4v) is 3.31. The Morgan fingerprint density at radius 3 is 2.83 bits per heavy atom. The van der Waals surface area contributed by atoms with Crippen LogP contribution in [0.1, 0.15) is 44.1 Å². The second-order valence-corrected chi connectivity index (χ2v) is 6.43. The van der Waals surface area contributed by atoms with Crippen molar-refractivity contribution in [1.82, 2.24) is 10.6 Å². The van der Waals surface area contributed by atoms with Crippen molar-refractivity contribution in [2.24, 2.45) is 0 Å². The molecule has 1 heterocycles. The van der Waals surface area contributed by atoms with E-state index in [9.17, 15) is 4.79 Å². The van der Waals surface area contributed by atoms with Crippen LogP contribution in [0, 0.1) is 0 Å². The van der Waals surface area contributed by atoms with Crippen molar-refractivity contribution in [1.29, 1.82) is 0 Å². The van der Waals surface area contributed by atoms with E-state index in [0.29, 0.717) is 18.6 Å². The number of ether oxygens (including phenoxy) is 1. The first-order valence-corrected chi connectivity index (χ1v) is 8.55. The summed E-state index contributed by atoms with van der Waals surface area (Å²) in [5.41, 5.74) is 1.18. The standard InChI is InChI=1S/C18H26N2O2.ClH/c21-18(20-15-10-11-19-13-15)9-8-14-4-3-7-17(12-14)22-16-5-1-2-6-16;/h3-4,7,12,15-16,19H,1-2,5-6,8-11,13H2,(H,20,21);1H. The molecule has 0 radical (unpaired) electrons. The van der Waals surface area contributed by atoms with Gasteiger partial charge in [-0.05, 0) is 62.8 Å². The predicted octanol–water partition coefficient (Wildman–Crippen LogP) is 2.84. The van der Waals surface area contributed by atoms with Crippen LogP contribution in [0.25, 0.3) is 0 Å². The highest BCUT2D eigenvalue weighted by Crippen LogP contribution is 2.24. The highest BCUT2D eigenvalue weighted by molar-refractivity contribution is 5.85. The van der Waals surface area contributed by atoms with Gasteiger partial charge in [-0.3, -0.25) is 4.79 Å². The van der Waals surface area contributed by atoms with Gasteiger partial charge in [0.25, 0.3) is 0 Å². The Morgan fingerprint density at radius 2 is 2.09 bits per heavy atom. The molecule has 1 aromatic rings. The summed E-state index contributed by atoms with van der Waals surface area (Å²) in [7, 11) is 0. The van der Waals surface area contributed by atoms with Crippen LogP contribution in [0.2, 0.25) is 0 Å². The number of aryl methyl sites for hydroxylation is 1. The van der Waals surface area contributed by atoms with Crippen LogP contribution in [0.5, 0.6) is 5.75 Å². The fourth-order valence-electron chi connectivity index (χ4n) is 3.31. The highest BCUT2D eigenvalue weighted by atomic mass is 35.5. The monoisotopic (exact) mass is 338 g/mol. The van der Waals surface area contributed by atoms with E-state index in [4.69, 9.17) is 4.74 Å². The van der Waals surface area contributed by atoms with Gasteiger partial charge in [0.2, 0.25) is 5.91 Å². The first-order valence-electron chi connectivity index (χ1n) is 8.55. The molecule has 128 valence electrons. The van der Waals surface area contributed by atoms with E-state index in [1.165, 1.54) is 31.2 Å². The van der Waals surface area contributed by atoms with E-state index in [1.54, 1.807) is 0 Å². The highest BCUT2D eigenvalue weighted by Gasteiger charge is 2.17. The van der Waals surface area contributed by atoms with Gasteiger partial charge in [-0.25, -0.2) is 0 Å². The maximum Gasteiger partial charge on any atom is 0.220 e. The zero-order valence-electron chi connectivity index (χ0n) is 13.6. The number of amides is 1. The second kappa shape index (κ2) is 9.14. The topological polar surface area (TPSA) is 50.4 Å². The maximum absolute atomic E-state index is 12.0. The number of carbonyl (C=O) groups excluding carboxylic acids is 1. The van der Waals surface area contributed by atoms with Crippen molar-refractivity contribution in [3.05, 3.63) is 29.8 Å². The zero-order chi connectivity index (χ0) is 15.2. The van der Waals surface area contributed by atoms with E-state index in [-0.39, 0.29) is 18.3 Å². The van der Waals surface area contributed by atoms with Gasteiger partial charge in [-0.15, -0.1) is 12.4 Å². The third-order valence-corrected chi connectivity index (χ3v) is 4.57. The van der Waals surface area contributed by atoms with Crippen LogP contribution < -0.4 is 15.4 Å². The summed E-state index contributed by atoms with van der Waals surface area (Å²) in [5, 5.41) is 6.35. The number of nitrogens with one attached hydrogen (secondary N) is 2. The molecule has 1 aromatic carbocycles. The molecule has 1 saturated carbocycles. The first-order chi connectivity index (χ1) is 10.8. The molecule has 3 rings (SSSR count). The Bertz CT molecular complexity index is 498. The molecule has 1 aliphatic carbocycles. The number of hydrogen-bond donors (Lipinski definition) is 2. The summed E-state index contributed by atoms with van der Waals surface area (Å²) in [6.07, 6.45) is 7.63. The number of carbonyl (C=O) groups is 1. The zero-order valence-corrected chi connectivity index (χ0v) is 14.4. The van der Waals surface area contributed by atoms with Crippen molar-refractivity contribution < 1.29 is 9.53 Å². The van der Waals surface area contributed by atoms with E-state index in [2.05, 4.69) is 22.8 Å². The number of hydrogen-bond acceptors (Lipinski definition) is 3. The largest absolute Gasteiger partial charge is 0.490 e. The molecule has 1 aliphatic heterocycles. The first kappa shape index (κ1) is 18.1. The van der Waals surface area contributed by atoms with E-state index < -0.39 is 0 Å². The lowest BCUT2D eigenvalue weighted by atomic mass is 10.1. The van der Waals surface area contributed by atoms with Crippen molar-refractivity contribution >= 4 is 18.3 Å². The van der Waals surface area contributed by atoms with Crippen LogP contribution in [-0.2, 0) is 11.2 Å². The predicted molar refractivity (Wildman–Crippen MR) is 94.3 cm³/mol. The van der Waals surface area contributed by atoms with Gasteiger partial charge in [0, 0.05) is 19.0 Å². The summed E-state index contributed by atoms with van der Waals surface area (Å²) in [5.74, 6) is 1.10. The summed E-state index contributed by atoms with van der Waals surface area (Å²) >= 11 is 0. The Kier molecular flexibility index (Phi) is 7.18. The van der Waals surface area contributed by atoms with Crippen LogP contribution in [0.3, 0.4) is 0 Å². The molecule has 0 aromatic heterocycles. The number of halogens is 1. The molecule has 2 aliphatic rings. The Hall–Kier alpha value is -1.26. The third kappa shape index (κ3) is 5.70. The summed E-state index contributed by atoms with van der Waals surface area (Å²) < 4.78 is 6.02. The summed E-state index contributed by atoms with van der Waals surface area (Å²) in [6, 6.07) is 8.52. The molecule has 1 saturated heterocycles. The fraction of sp³-hybridized carbons (Fsp3) is 0.611. The molecule has 0 bridgehead atoms. The van der Waals surface area contributed by atoms with Gasteiger partial charge in [0.05, 0.1) is 6.10 Å². The molecule has 2 fully saturated rings. The third-order valence-electron chi connectivity index (χ3n) is 4.57. The molecule has 5 heteroatoms. The maximum atomic E-state index is 12.0. The number of benzene rings is 1. The minimum atomic E-state index is 0. The number of rotatable bonds is 6. The van der Waals surface area contributed by atoms with E-state index in [0.717, 1.165) is 31.7 Å². The van der Waals surface area contributed by atoms with Gasteiger partial charge in [-0.1, -0.05) is 12.1 Å². The lowest BCUT2D eigenvalue weighted by Crippen LogP contribution is -2.36. The SMILES string of the molecule is Cl.O=C(CCc1cccc(OC2CCCC2)c1)NC1CCNC1. The van der Waals surface area contributed by atoms with Gasteiger partial charge in [0.1, 0.15) is 5.75 Å². The molecule has 1 atom stereocenters. The normalized spacial score (nSPS) is 21.0. The average Bonchev–Trinajstić information content (AvgIpc) is 3.19. The molecule has 23 heavy (non-hydrogen) atoms. The molecular formula is C18H27ClN2O2. The van der Waals surface area contributed by atoms with Gasteiger partial charge < -0.3 is 15.4 Å². The van der Waals surface area contributed by atoms with Crippen LogP contribution in [0.15, 0.2) is 24.3 Å². The summed E-state index contributed by atoms with van der Waals surface area (Å²) in [6.45, 7) is 1.90. The summed E-state index contributed by atoms with van der Waals surface area (Å²) in [4.78, 5) is 12.0. The van der Waals surface area contributed by atoms with Gasteiger partial charge in [-0.2, -0.15) is 0 Å². The smallest absolute Gasteiger partial charge is 0.220 e. The molecule has 1 amide bonds. The molecule has 1 unspecified atom stereocenters. The quantitative estimate of drug-likeness (QED) is 0.838. The van der Waals surface area contributed by atoms with Gasteiger partial charge in [0.15, 0.2) is 0 Å². The van der Waals surface area contributed by atoms with Crippen LogP contribution in [0.4, 0.5) is 0 Å². The minimum Gasteiger partial charge on any atom is -0.490 e. The van der Waals surface area contributed by atoms with Crippen molar-refractivity contribution in [2.75, 3.05) is 13.1 Å². The lowest BCUT2D eigenvalue weighted by molar-refractivity contribution is -0.121. The van der Waals surface area contributed by atoms with Crippen LogP contribution in [-0.4, -0.2) is 31.1 Å².